The summed E-state index contributed by atoms with van der Waals surface area (Å²) < 4.78 is 4.97. The molecule has 1 amide bonds. The van der Waals surface area contributed by atoms with E-state index in [2.05, 4.69) is 0 Å². The minimum atomic E-state index is -0.348. The van der Waals surface area contributed by atoms with Crippen LogP contribution in [0.15, 0.2) is 23.1 Å². The van der Waals surface area contributed by atoms with Crippen LogP contribution in [0.4, 0.5) is 5.69 Å². The van der Waals surface area contributed by atoms with Crippen molar-refractivity contribution in [2.24, 2.45) is 0 Å². The molecule has 0 saturated heterocycles. The lowest BCUT2D eigenvalue weighted by atomic mass is 10.2. The van der Waals surface area contributed by atoms with Crippen molar-refractivity contribution in [1.29, 1.82) is 0 Å². The molecule has 96 valence electrons. The summed E-state index contributed by atoms with van der Waals surface area (Å²) in [5, 5.41) is 0. The largest absolute Gasteiger partial charge is 0.462 e. The molecule has 0 radical (unpaired) electrons. The molecule has 2 rings (SSSR count). The minimum absolute atomic E-state index is 0.0796. The number of hydrogen-bond acceptors (Lipinski definition) is 4. The number of carbonyl (C=O) groups is 2. The van der Waals surface area contributed by atoms with Crippen LogP contribution in [0.5, 0.6) is 0 Å². The Balaban J connectivity index is 2.37. The van der Waals surface area contributed by atoms with E-state index in [1.807, 2.05) is 13.0 Å². The maximum absolute atomic E-state index is 11.8. The number of thioether (sulfide) groups is 1. The van der Waals surface area contributed by atoms with Gasteiger partial charge in [0.05, 0.1) is 23.6 Å². The lowest BCUT2D eigenvalue weighted by Gasteiger charge is -2.28. The summed E-state index contributed by atoms with van der Waals surface area (Å²) in [6.07, 6.45) is 0. The number of hydrogen-bond donors (Lipinski definition) is 0. The van der Waals surface area contributed by atoms with E-state index in [-0.39, 0.29) is 11.9 Å². The molecule has 0 N–H and O–H groups in total. The smallest absolute Gasteiger partial charge is 0.338 e. The molecule has 0 fully saturated rings. The van der Waals surface area contributed by atoms with Crippen LogP contribution in [-0.2, 0) is 9.53 Å². The zero-order valence-electron chi connectivity index (χ0n) is 10.4. The molecule has 1 aliphatic heterocycles. The zero-order chi connectivity index (χ0) is 13.1. The van der Waals surface area contributed by atoms with Gasteiger partial charge in [0.15, 0.2) is 0 Å². The van der Waals surface area contributed by atoms with Crippen molar-refractivity contribution in [3.63, 3.8) is 0 Å². The summed E-state index contributed by atoms with van der Waals surface area (Å²) in [5.74, 6) is 0.190. The van der Waals surface area contributed by atoms with Crippen molar-refractivity contribution in [3.05, 3.63) is 23.8 Å². The van der Waals surface area contributed by atoms with Crippen LogP contribution in [-0.4, -0.2) is 30.8 Å². The molecule has 0 bridgehead atoms. The Hall–Kier alpha value is -1.49. The third kappa shape index (κ3) is 2.36. The maximum Gasteiger partial charge on any atom is 0.338 e. The molecule has 1 aromatic rings. The summed E-state index contributed by atoms with van der Waals surface area (Å²) in [7, 11) is 0. The van der Waals surface area contributed by atoms with E-state index in [0.717, 1.165) is 10.6 Å². The fourth-order valence-electron chi connectivity index (χ4n) is 1.89. The zero-order valence-corrected chi connectivity index (χ0v) is 11.3. The third-order valence-corrected chi connectivity index (χ3v) is 3.78. The number of amides is 1. The van der Waals surface area contributed by atoms with E-state index in [0.29, 0.717) is 24.5 Å². The molecule has 4 nitrogen and oxygen atoms in total. The molecule has 18 heavy (non-hydrogen) atoms. The van der Waals surface area contributed by atoms with Crippen LogP contribution < -0.4 is 4.90 Å². The van der Waals surface area contributed by atoms with Crippen LogP contribution in [0.3, 0.4) is 0 Å². The van der Waals surface area contributed by atoms with E-state index in [1.54, 1.807) is 24.0 Å². The molecule has 1 aromatic carbocycles. The molecule has 0 atom stereocenters. The first-order chi connectivity index (χ1) is 8.67. The minimum Gasteiger partial charge on any atom is -0.462 e. The molecule has 5 heteroatoms. The van der Waals surface area contributed by atoms with Gasteiger partial charge in [0.1, 0.15) is 0 Å². The van der Waals surface area contributed by atoms with E-state index >= 15 is 0 Å². The first-order valence-electron chi connectivity index (χ1n) is 5.91. The van der Waals surface area contributed by atoms with Crippen molar-refractivity contribution < 1.29 is 14.3 Å². The lowest BCUT2D eigenvalue weighted by Crippen LogP contribution is -2.35. The molecular formula is C13H15NO3S. The summed E-state index contributed by atoms with van der Waals surface area (Å²) in [4.78, 5) is 26.2. The molecular weight excluding hydrogens is 250 g/mol. The van der Waals surface area contributed by atoms with E-state index in [4.69, 9.17) is 4.74 Å². The van der Waals surface area contributed by atoms with Crippen molar-refractivity contribution in [1.82, 2.24) is 0 Å². The number of esters is 1. The summed E-state index contributed by atoms with van der Waals surface area (Å²) >= 11 is 1.51. The van der Waals surface area contributed by atoms with Crippen LogP contribution >= 0.6 is 11.8 Å². The maximum atomic E-state index is 11.8. The average Bonchev–Trinajstić information content (AvgIpc) is 2.38. The van der Waals surface area contributed by atoms with Gasteiger partial charge in [0.25, 0.3) is 0 Å². The Bertz CT molecular complexity index is 487. The van der Waals surface area contributed by atoms with Gasteiger partial charge in [-0.3, -0.25) is 4.79 Å². The first kappa shape index (κ1) is 13.0. The monoisotopic (exact) mass is 265 g/mol. The van der Waals surface area contributed by atoms with E-state index in [9.17, 15) is 9.59 Å². The van der Waals surface area contributed by atoms with Gasteiger partial charge >= 0.3 is 5.97 Å². The Kier molecular flexibility index (Phi) is 3.91. The van der Waals surface area contributed by atoms with Gasteiger partial charge in [0, 0.05) is 11.4 Å². The SMILES string of the molecule is CCOC(=O)c1ccc2c(c1)N(CC)C(=O)CS2. The number of fused-ring (bicyclic) bond motifs is 1. The second-order valence-electron chi connectivity index (χ2n) is 3.83. The highest BCUT2D eigenvalue weighted by Gasteiger charge is 2.24. The van der Waals surface area contributed by atoms with Crippen LogP contribution in [0, 0.1) is 0 Å². The molecule has 0 spiro atoms. The highest BCUT2D eigenvalue weighted by Crippen LogP contribution is 2.35. The van der Waals surface area contributed by atoms with Crippen LogP contribution in [0.25, 0.3) is 0 Å². The second-order valence-corrected chi connectivity index (χ2v) is 4.85. The molecule has 1 heterocycles. The molecule has 1 aliphatic rings. The number of nitrogens with zero attached hydrogens (tertiary/aromatic N) is 1. The van der Waals surface area contributed by atoms with Crippen molar-refractivity contribution in [3.8, 4) is 0 Å². The fourth-order valence-corrected chi connectivity index (χ4v) is 2.81. The number of ether oxygens (including phenoxy) is 1. The van der Waals surface area contributed by atoms with Gasteiger partial charge in [-0.1, -0.05) is 0 Å². The van der Waals surface area contributed by atoms with E-state index < -0.39 is 0 Å². The number of rotatable bonds is 3. The fraction of sp³-hybridized carbons (Fsp3) is 0.385. The quantitative estimate of drug-likeness (QED) is 0.787. The Morgan fingerprint density at radius 3 is 2.89 bits per heavy atom. The molecule has 0 aliphatic carbocycles. The molecule has 0 unspecified atom stereocenters. The summed E-state index contributed by atoms with van der Waals surface area (Å²) in [5.41, 5.74) is 1.30. The van der Waals surface area contributed by atoms with Gasteiger partial charge in [-0.25, -0.2) is 4.79 Å². The van der Waals surface area contributed by atoms with E-state index in [1.165, 1.54) is 11.8 Å². The topological polar surface area (TPSA) is 46.6 Å². The van der Waals surface area contributed by atoms with Gasteiger partial charge in [-0.2, -0.15) is 0 Å². The number of anilines is 1. The first-order valence-corrected chi connectivity index (χ1v) is 6.90. The summed E-state index contributed by atoms with van der Waals surface area (Å²) in [6, 6.07) is 5.36. The lowest BCUT2D eigenvalue weighted by molar-refractivity contribution is -0.116. The number of benzene rings is 1. The van der Waals surface area contributed by atoms with Crippen molar-refractivity contribution in [2.45, 2.75) is 18.7 Å². The Morgan fingerprint density at radius 1 is 1.44 bits per heavy atom. The Morgan fingerprint density at radius 2 is 2.22 bits per heavy atom. The average molecular weight is 265 g/mol. The highest BCUT2D eigenvalue weighted by atomic mass is 32.2. The number of carbonyl (C=O) groups excluding carboxylic acids is 2. The van der Waals surface area contributed by atoms with Gasteiger partial charge in [0.2, 0.25) is 5.91 Å². The second kappa shape index (κ2) is 5.44. The summed E-state index contributed by atoms with van der Waals surface area (Å²) in [6.45, 7) is 4.66. The van der Waals surface area contributed by atoms with Crippen LogP contribution in [0.1, 0.15) is 24.2 Å². The highest BCUT2D eigenvalue weighted by molar-refractivity contribution is 8.00. The van der Waals surface area contributed by atoms with Gasteiger partial charge in [-0.15, -0.1) is 11.8 Å². The molecule has 0 saturated carbocycles. The predicted octanol–water partition coefficient (Wildman–Crippen LogP) is 2.32. The standard InChI is InChI=1S/C13H15NO3S/c1-3-14-10-7-9(13(16)17-4-2)5-6-11(10)18-8-12(14)15/h5-7H,3-4,8H2,1-2H3. The third-order valence-electron chi connectivity index (χ3n) is 2.73. The van der Waals surface area contributed by atoms with Gasteiger partial charge < -0.3 is 9.64 Å². The molecule has 0 aromatic heterocycles. The van der Waals surface area contributed by atoms with Crippen molar-refractivity contribution >= 4 is 29.3 Å². The normalized spacial score (nSPS) is 14.3. The van der Waals surface area contributed by atoms with Crippen LogP contribution in [0.2, 0.25) is 0 Å². The Labute approximate surface area is 110 Å². The predicted molar refractivity (Wildman–Crippen MR) is 71.1 cm³/mol. The van der Waals surface area contributed by atoms with Crippen molar-refractivity contribution in [2.75, 3.05) is 23.8 Å². The van der Waals surface area contributed by atoms with Gasteiger partial charge in [-0.05, 0) is 32.0 Å².